The van der Waals surface area contributed by atoms with Crippen molar-refractivity contribution in [1.82, 2.24) is 9.88 Å². The SMILES string of the molecule is CCC(CC)Oc1cc(C)nc(Nc2c(C)cc(C)cc2C)c1C(=O)N(C)C. The normalized spacial score (nSPS) is 10.9. The molecule has 0 bridgehead atoms. The quantitative estimate of drug-likeness (QED) is 0.702. The Bertz CT molecular complexity index is 832. The van der Waals surface area contributed by atoms with Gasteiger partial charge in [-0.1, -0.05) is 31.5 Å². The molecule has 0 aliphatic carbocycles. The molecule has 5 nitrogen and oxygen atoms in total. The minimum atomic E-state index is -0.127. The van der Waals surface area contributed by atoms with Crippen LogP contribution in [0.25, 0.3) is 0 Å². The first kappa shape index (κ1) is 21.7. The lowest BCUT2D eigenvalue weighted by atomic mass is 10.0. The second-order valence-corrected chi connectivity index (χ2v) is 7.64. The molecular formula is C23H33N3O2. The Balaban J connectivity index is 2.62. The summed E-state index contributed by atoms with van der Waals surface area (Å²) < 4.78 is 6.23. The van der Waals surface area contributed by atoms with E-state index in [4.69, 9.17) is 4.74 Å². The topological polar surface area (TPSA) is 54.5 Å². The van der Waals surface area contributed by atoms with Crippen molar-refractivity contribution in [3.05, 3.63) is 46.1 Å². The lowest BCUT2D eigenvalue weighted by Gasteiger charge is -2.23. The van der Waals surface area contributed by atoms with Crippen LogP contribution in [0.1, 0.15) is 59.4 Å². The molecule has 0 saturated heterocycles. The smallest absolute Gasteiger partial charge is 0.260 e. The number of ether oxygens (including phenoxy) is 1. The number of nitrogens with zero attached hydrogens (tertiary/aromatic N) is 2. The van der Waals surface area contributed by atoms with Crippen LogP contribution in [0.2, 0.25) is 0 Å². The van der Waals surface area contributed by atoms with E-state index in [1.54, 1.807) is 19.0 Å². The lowest BCUT2D eigenvalue weighted by Crippen LogP contribution is -2.25. The Labute approximate surface area is 169 Å². The molecule has 0 atom stereocenters. The number of hydrogen-bond acceptors (Lipinski definition) is 4. The molecular weight excluding hydrogens is 350 g/mol. The molecule has 2 aromatic rings. The Kier molecular flexibility index (Phi) is 7.05. The van der Waals surface area contributed by atoms with Gasteiger partial charge >= 0.3 is 0 Å². The number of aryl methyl sites for hydroxylation is 4. The van der Waals surface area contributed by atoms with Gasteiger partial charge in [0.05, 0.1) is 6.10 Å². The van der Waals surface area contributed by atoms with Crippen LogP contribution < -0.4 is 10.1 Å². The van der Waals surface area contributed by atoms with Crippen LogP contribution in [0.3, 0.4) is 0 Å². The maximum Gasteiger partial charge on any atom is 0.260 e. The largest absolute Gasteiger partial charge is 0.489 e. The number of rotatable bonds is 7. The monoisotopic (exact) mass is 383 g/mol. The minimum Gasteiger partial charge on any atom is -0.489 e. The molecule has 1 aromatic heterocycles. The lowest BCUT2D eigenvalue weighted by molar-refractivity contribution is 0.0819. The van der Waals surface area contributed by atoms with Crippen LogP contribution in [0.4, 0.5) is 11.5 Å². The number of hydrogen-bond donors (Lipinski definition) is 1. The van der Waals surface area contributed by atoms with Gasteiger partial charge in [-0.15, -0.1) is 0 Å². The molecule has 0 spiro atoms. The van der Waals surface area contributed by atoms with Gasteiger partial charge in [0.1, 0.15) is 17.1 Å². The summed E-state index contributed by atoms with van der Waals surface area (Å²) in [4.78, 5) is 19.3. The Hall–Kier alpha value is -2.56. The van der Waals surface area contributed by atoms with Gasteiger partial charge < -0.3 is 15.0 Å². The van der Waals surface area contributed by atoms with Crippen LogP contribution in [-0.4, -0.2) is 36.0 Å². The predicted octanol–water partition coefficient (Wildman–Crippen LogP) is 5.33. The van der Waals surface area contributed by atoms with Gasteiger partial charge in [0.25, 0.3) is 5.91 Å². The molecule has 1 amide bonds. The van der Waals surface area contributed by atoms with Crippen LogP contribution in [0.15, 0.2) is 18.2 Å². The molecule has 0 unspecified atom stereocenters. The maximum atomic E-state index is 13.0. The van der Waals surface area contributed by atoms with E-state index in [2.05, 4.69) is 57.1 Å². The Morgan fingerprint density at radius 3 is 2.14 bits per heavy atom. The fourth-order valence-electron chi connectivity index (χ4n) is 3.39. The summed E-state index contributed by atoms with van der Waals surface area (Å²) in [5.41, 5.74) is 5.70. The van der Waals surface area contributed by atoms with E-state index in [1.807, 2.05) is 13.0 Å². The summed E-state index contributed by atoms with van der Waals surface area (Å²) >= 11 is 0. The fourth-order valence-corrected chi connectivity index (χ4v) is 3.39. The highest BCUT2D eigenvalue weighted by Crippen LogP contribution is 2.33. The van der Waals surface area contributed by atoms with E-state index >= 15 is 0 Å². The van der Waals surface area contributed by atoms with E-state index in [1.165, 1.54) is 5.56 Å². The van der Waals surface area contributed by atoms with Crippen molar-refractivity contribution in [2.45, 2.75) is 60.5 Å². The van der Waals surface area contributed by atoms with E-state index in [9.17, 15) is 4.79 Å². The van der Waals surface area contributed by atoms with Gasteiger partial charge in [0.15, 0.2) is 0 Å². The summed E-state index contributed by atoms with van der Waals surface area (Å²) in [6, 6.07) is 6.11. The number of nitrogens with one attached hydrogen (secondary N) is 1. The molecule has 0 saturated carbocycles. The van der Waals surface area contributed by atoms with Crippen molar-refractivity contribution < 1.29 is 9.53 Å². The minimum absolute atomic E-state index is 0.0613. The van der Waals surface area contributed by atoms with Crippen LogP contribution in [0.5, 0.6) is 5.75 Å². The second-order valence-electron chi connectivity index (χ2n) is 7.64. The highest BCUT2D eigenvalue weighted by molar-refractivity contribution is 6.02. The molecule has 1 aromatic carbocycles. The van der Waals surface area contributed by atoms with Crippen molar-refractivity contribution >= 4 is 17.4 Å². The summed E-state index contributed by atoms with van der Waals surface area (Å²) in [6.07, 6.45) is 1.82. The number of carbonyl (C=O) groups is 1. The van der Waals surface area contributed by atoms with E-state index in [0.29, 0.717) is 17.1 Å². The van der Waals surface area contributed by atoms with E-state index < -0.39 is 0 Å². The van der Waals surface area contributed by atoms with Gasteiger partial charge in [-0.3, -0.25) is 4.79 Å². The number of carbonyl (C=O) groups excluding carboxylic acids is 1. The van der Waals surface area contributed by atoms with E-state index in [-0.39, 0.29) is 12.0 Å². The van der Waals surface area contributed by atoms with Gasteiger partial charge in [0.2, 0.25) is 0 Å². The summed E-state index contributed by atoms with van der Waals surface area (Å²) in [6.45, 7) is 12.3. The molecule has 152 valence electrons. The highest BCUT2D eigenvalue weighted by atomic mass is 16.5. The number of benzene rings is 1. The van der Waals surface area contributed by atoms with E-state index in [0.717, 1.165) is 35.3 Å². The molecule has 1 N–H and O–H groups in total. The molecule has 5 heteroatoms. The fraction of sp³-hybridized carbons (Fsp3) is 0.478. The Morgan fingerprint density at radius 2 is 1.64 bits per heavy atom. The number of aromatic nitrogens is 1. The number of pyridine rings is 1. The van der Waals surface area contributed by atoms with Gasteiger partial charge in [-0.05, 0) is 51.7 Å². The second kappa shape index (κ2) is 9.09. The third-order valence-corrected chi connectivity index (χ3v) is 4.86. The van der Waals surface area contributed by atoms with Crippen molar-refractivity contribution in [3.63, 3.8) is 0 Å². The van der Waals surface area contributed by atoms with Crippen LogP contribution in [-0.2, 0) is 0 Å². The molecule has 1 heterocycles. The number of anilines is 2. The summed E-state index contributed by atoms with van der Waals surface area (Å²) in [5, 5.41) is 3.42. The molecule has 0 aliphatic heterocycles. The standard InChI is InChI=1S/C23H33N3O2/c1-9-18(10-2)28-19-13-17(6)24-22(20(19)23(27)26(7)8)25-21-15(4)11-14(3)12-16(21)5/h11-13,18H,9-10H2,1-8H3,(H,24,25). The zero-order chi connectivity index (χ0) is 21.0. The average Bonchev–Trinajstić information content (AvgIpc) is 2.61. The first-order chi connectivity index (χ1) is 13.2. The molecule has 0 fully saturated rings. The molecule has 0 radical (unpaired) electrons. The van der Waals surface area contributed by atoms with Crippen molar-refractivity contribution in [2.24, 2.45) is 0 Å². The zero-order valence-corrected chi connectivity index (χ0v) is 18.4. The van der Waals surface area contributed by atoms with Crippen molar-refractivity contribution in [3.8, 4) is 5.75 Å². The Morgan fingerprint density at radius 1 is 1.07 bits per heavy atom. The number of amides is 1. The van der Waals surface area contributed by atoms with Crippen molar-refractivity contribution in [2.75, 3.05) is 19.4 Å². The first-order valence-corrected chi connectivity index (χ1v) is 9.92. The van der Waals surface area contributed by atoms with Crippen LogP contribution >= 0.6 is 0 Å². The maximum absolute atomic E-state index is 13.0. The van der Waals surface area contributed by atoms with Gasteiger partial charge in [-0.2, -0.15) is 0 Å². The first-order valence-electron chi connectivity index (χ1n) is 9.92. The summed E-state index contributed by atoms with van der Waals surface area (Å²) in [5.74, 6) is 0.998. The third kappa shape index (κ3) is 4.83. The zero-order valence-electron chi connectivity index (χ0n) is 18.4. The predicted molar refractivity (Wildman–Crippen MR) is 116 cm³/mol. The average molecular weight is 384 g/mol. The highest BCUT2D eigenvalue weighted by Gasteiger charge is 2.24. The van der Waals surface area contributed by atoms with Crippen molar-refractivity contribution in [1.29, 1.82) is 0 Å². The van der Waals surface area contributed by atoms with Crippen LogP contribution in [0, 0.1) is 27.7 Å². The molecule has 2 rings (SSSR count). The van der Waals surface area contributed by atoms with Gasteiger partial charge in [-0.25, -0.2) is 4.98 Å². The van der Waals surface area contributed by atoms with Gasteiger partial charge in [0, 0.05) is 31.5 Å². The summed E-state index contributed by atoms with van der Waals surface area (Å²) in [7, 11) is 3.49. The molecule has 28 heavy (non-hydrogen) atoms. The third-order valence-electron chi connectivity index (χ3n) is 4.86. The molecule has 0 aliphatic rings.